The van der Waals surface area contributed by atoms with E-state index in [1.807, 2.05) is 0 Å². The van der Waals surface area contributed by atoms with Crippen molar-refractivity contribution in [1.82, 2.24) is 5.32 Å². The molecule has 1 amide bonds. The summed E-state index contributed by atoms with van der Waals surface area (Å²) in [6.45, 7) is 7.63. The molecule has 0 saturated heterocycles. The van der Waals surface area contributed by atoms with E-state index >= 15 is 0 Å². The van der Waals surface area contributed by atoms with Crippen LogP contribution in [0.15, 0.2) is 0 Å². The zero-order chi connectivity index (χ0) is 17.0. The van der Waals surface area contributed by atoms with E-state index in [0.717, 1.165) is 19.4 Å². The monoisotopic (exact) mass is 335 g/mol. The van der Waals surface area contributed by atoms with Gasteiger partial charge in [-0.1, -0.05) is 13.3 Å². The van der Waals surface area contributed by atoms with Crippen LogP contribution in [0.1, 0.15) is 26.2 Å². The van der Waals surface area contributed by atoms with Crippen LogP contribution in [0.3, 0.4) is 0 Å². The highest BCUT2D eigenvalue weighted by Crippen LogP contribution is 1.87. The fourth-order valence-corrected chi connectivity index (χ4v) is 1.56. The number of carbonyl (C=O) groups is 1. The fourth-order valence-electron chi connectivity index (χ4n) is 1.56. The maximum Gasteiger partial charge on any atom is 0.222 e. The molecule has 0 heterocycles. The summed E-state index contributed by atoms with van der Waals surface area (Å²) in [4.78, 5) is 11.4. The van der Waals surface area contributed by atoms with E-state index in [2.05, 4.69) is 12.2 Å². The third-order valence-electron chi connectivity index (χ3n) is 2.87. The van der Waals surface area contributed by atoms with Gasteiger partial charge in [0, 0.05) is 20.1 Å². The van der Waals surface area contributed by atoms with Crippen LogP contribution in [-0.2, 0) is 28.5 Å². The Morgan fingerprint density at radius 3 is 1.74 bits per heavy atom. The largest absolute Gasteiger partial charge is 0.382 e. The molecule has 1 N–H and O–H groups in total. The molecule has 0 aromatic rings. The highest BCUT2D eigenvalue weighted by Gasteiger charge is 1.99. The Morgan fingerprint density at radius 2 is 1.26 bits per heavy atom. The number of amides is 1. The van der Waals surface area contributed by atoms with Crippen molar-refractivity contribution in [2.75, 3.05) is 73.1 Å². The van der Waals surface area contributed by atoms with Crippen LogP contribution < -0.4 is 5.32 Å². The van der Waals surface area contributed by atoms with Gasteiger partial charge in [-0.25, -0.2) is 0 Å². The highest BCUT2D eigenvalue weighted by molar-refractivity contribution is 5.75. The van der Waals surface area contributed by atoms with Crippen LogP contribution in [0.5, 0.6) is 0 Å². The smallest absolute Gasteiger partial charge is 0.222 e. The Labute approximate surface area is 139 Å². The van der Waals surface area contributed by atoms with Crippen molar-refractivity contribution in [3.05, 3.63) is 0 Å². The average Bonchev–Trinajstić information content (AvgIpc) is 2.55. The predicted molar refractivity (Wildman–Crippen MR) is 87.7 cm³/mol. The average molecular weight is 335 g/mol. The zero-order valence-electron chi connectivity index (χ0n) is 14.6. The minimum Gasteiger partial charge on any atom is -0.382 e. The summed E-state index contributed by atoms with van der Waals surface area (Å²) in [5.74, 6) is 0.0421. The van der Waals surface area contributed by atoms with Crippen molar-refractivity contribution in [2.24, 2.45) is 0 Å². The number of rotatable bonds is 18. The molecule has 0 bridgehead atoms. The van der Waals surface area contributed by atoms with Crippen LogP contribution in [0, 0.1) is 0 Å². The van der Waals surface area contributed by atoms with Crippen LogP contribution in [-0.4, -0.2) is 79.0 Å². The number of unbranched alkanes of at least 4 members (excludes halogenated alkanes) is 1. The van der Waals surface area contributed by atoms with Crippen LogP contribution in [0.4, 0.5) is 0 Å². The maximum absolute atomic E-state index is 11.4. The maximum atomic E-state index is 11.4. The minimum absolute atomic E-state index is 0.0421. The quantitative estimate of drug-likeness (QED) is 0.377. The van der Waals surface area contributed by atoms with Gasteiger partial charge in [0.15, 0.2) is 0 Å². The summed E-state index contributed by atoms with van der Waals surface area (Å²) >= 11 is 0. The molecule has 0 aliphatic carbocycles. The summed E-state index contributed by atoms with van der Waals surface area (Å²) < 4.78 is 26.1. The highest BCUT2D eigenvalue weighted by atomic mass is 16.6. The molecule has 0 spiro atoms. The van der Waals surface area contributed by atoms with Crippen molar-refractivity contribution in [2.45, 2.75) is 26.2 Å². The van der Waals surface area contributed by atoms with Crippen molar-refractivity contribution >= 4 is 5.91 Å². The Morgan fingerprint density at radius 1 is 0.783 bits per heavy atom. The lowest BCUT2D eigenvalue weighted by Crippen LogP contribution is -2.25. The van der Waals surface area contributed by atoms with Crippen LogP contribution in [0.2, 0.25) is 0 Å². The Balaban J connectivity index is 3.06. The molecule has 0 aliphatic heterocycles. The summed E-state index contributed by atoms with van der Waals surface area (Å²) in [6.07, 6.45) is 2.50. The third kappa shape index (κ3) is 19.2. The molecule has 0 unspecified atom stereocenters. The van der Waals surface area contributed by atoms with Gasteiger partial charge < -0.3 is 29.0 Å². The Hall–Kier alpha value is -0.730. The molecular weight excluding hydrogens is 302 g/mol. The molecule has 0 atom stereocenters. The van der Waals surface area contributed by atoms with Gasteiger partial charge in [-0.2, -0.15) is 0 Å². The molecule has 0 aromatic heterocycles. The molecule has 138 valence electrons. The number of hydrogen-bond donors (Lipinski definition) is 1. The molecular formula is C16H33NO6. The fraction of sp³-hybridized carbons (Fsp3) is 0.938. The number of hydrogen-bond acceptors (Lipinski definition) is 6. The Bertz CT molecular complexity index is 253. The lowest BCUT2D eigenvalue weighted by atomic mass is 10.3. The molecule has 0 aromatic carbocycles. The van der Waals surface area contributed by atoms with E-state index in [1.165, 1.54) is 0 Å². The molecule has 0 saturated carbocycles. The predicted octanol–water partition coefficient (Wildman–Crippen LogP) is 1.01. The van der Waals surface area contributed by atoms with Crippen molar-refractivity contribution < 1.29 is 28.5 Å². The first-order valence-electron chi connectivity index (χ1n) is 8.37. The summed E-state index contributed by atoms with van der Waals surface area (Å²) in [5.41, 5.74) is 0. The van der Waals surface area contributed by atoms with Gasteiger partial charge in [-0.15, -0.1) is 0 Å². The summed E-state index contributed by atoms with van der Waals surface area (Å²) in [5, 5.41) is 2.85. The summed E-state index contributed by atoms with van der Waals surface area (Å²) in [6, 6.07) is 0. The molecule has 0 fully saturated rings. The van der Waals surface area contributed by atoms with E-state index in [1.54, 1.807) is 7.11 Å². The summed E-state index contributed by atoms with van der Waals surface area (Å²) in [7, 11) is 1.64. The SMILES string of the molecule is CCCCNC(=O)CCOCCOCCOCCOCCOC. The van der Waals surface area contributed by atoms with Gasteiger partial charge in [0.25, 0.3) is 0 Å². The first-order valence-corrected chi connectivity index (χ1v) is 8.37. The van der Waals surface area contributed by atoms with Gasteiger partial charge in [-0.05, 0) is 6.42 Å². The Kier molecular flexibility index (Phi) is 18.7. The number of ether oxygens (including phenoxy) is 5. The molecule has 7 heteroatoms. The second kappa shape index (κ2) is 19.3. The van der Waals surface area contributed by atoms with Gasteiger partial charge in [0.05, 0.1) is 59.5 Å². The second-order valence-corrected chi connectivity index (χ2v) is 4.90. The van der Waals surface area contributed by atoms with E-state index in [4.69, 9.17) is 23.7 Å². The van der Waals surface area contributed by atoms with Crippen molar-refractivity contribution in [3.63, 3.8) is 0 Å². The van der Waals surface area contributed by atoms with Gasteiger partial charge >= 0.3 is 0 Å². The molecule has 0 radical (unpaired) electrons. The van der Waals surface area contributed by atoms with Crippen LogP contribution in [0.25, 0.3) is 0 Å². The number of carbonyl (C=O) groups excluding carboxylic acids is 1. The topological polar surface area (TPSA) is 75.3 Å². The number of methoxy groups -OCH3 is 1. The lowest BCUT2D eigenvalue weighted by Gasteiger charge is -2.07. The van der Waals surface area contributed by atoms with E-state index < -0.39 is 0 Å². The van der Waals surface area contributed by atoms with Gasteiger partial charge in [-0.3, -0.25) is 4.79 Å². The van der Waals surface area contributed by atoms with Crippen LogP contribution >= 0.6 is 0 Å². The molecule has 0 rings (SSSR count). The minimum atomic E-state index is 0.0421. The molecule has 0 aliphatic rings. The first-order chi connectivity index (χ1) is 11.3. The molecule has 7 nitrogen and oxygen atoms in total. The second-order valence-electron chi connectivity index (χ2n) is 4.90. The number of nitrogens with one attached hydrogen (secondary N) is 1. The standard InChI is InChI=1S/C16H33NO6/c1-3-4-6-17-16(18)5-7-20-10-11-22-14-15-23-13-12-21-9-8-19-2/h3-15H2,1-2H3,(H,17,18). The third-order valence-corrected chi connectivity index (χ3v) is 2.87. The molecule has 23 heavy (non-hydrogen) atoms. The first kappa shape index (κ1) is 22.3. The van der Waals surface area contributed by atoms with Gasteiger partial charge in [0.2, 0.25) is 5.91 Å². The van der Waals surface area contributed by atoms with E-state index in [-0.39, 0.29) is 5.91 Å². The van der Waals surface area contributed by atoms with E-state index in [0.29, 0.717) is 65.9 Å². The van der Waals surface area contributed by atoms with Crippen molar-refractivity contribution in [1.29, 1.82) is 0 Å². The lowest BCUT2D eigenvalue weighted by molar-refractivity contribution is -0.122. The zero-order valence-corrected chi connectivity index (χ0v) is 14.6. The van der Waals surface area contributed by atoms with Gasteiger partial charge in [0.1, 0.15) is 0 Å². The van der Waals surface area contributed by atoms with Crippen molar-refractivity contribution in [3.8, 4) is 0 Å². The van der Waals surface area contributed by atoms with E-state index in [9.17, 15) is 4.79 Å². The normalized spacial score (nSPS) is 10.9.